The number of carbonyl (C=O) groups is 1. The van der Waals surface area contributed by atoms with Crippen molar-refractivity contribution in [2.24, 2.45) is 11.8 Å². The Morgan fingerprint density at radius 3 is 2.83 bits per heavy atom. The smallest absolute Gasteiger partial charge is 0.309 e. The van der Waals surface area contributed by atoms with Gasteiger partial charge in [0.25, 0.3) is 0 Å². The molecule has 0 aliphatic carbocycles. The molecule has 0 amide bonds. The summed E-state index contributed by atoms with van der Waals surface area (Å²) < 4.78 is 4.94. The van der Waals surface area contributed by atoms with Crippen molar-refractivity contribution in [1.82, 2.24) is 0 Å². The van der Waals surface area contributed by atoms with E-state index in [1.54, 1.807) is 0 Å². The minimum atomic E-state index is -0.0248. The summed E-state index contributed by atoms with van der Waals surface area (Å²) >= 11 is 0. The van der Waals surface area contributed by atoms with Crippen LogP contribution in [0.4, 0.5) is 0 Å². The Kier molecular flexibility index (Phi) is 3.32. The fourth-order valence-electron chi connectivity index (χ4n) is 1.41. The molecule has 1 fully saturated rings. The summed E-state index contributed by atoms with van der Waals surface area (Å²) in [4.78, 5) is 11.1. The van der Waals surface area contributed by atoms with E-state index in [9.17, 15) is 4.79 Å². The third-order valence-electron chi connectivity index (χ3n) is 2.27. The zero-order valence-electron chi connectivity index (χ0n) is 7.75. The number of allylic oxidation sites excluding steroid dienone is 2. The molecule has 0 aromatic carbocycles. The van der Waals surface area contributed by atoms with Crippen molar-refractivity contribution in [3.63, 3.8) is 0 Å². The van der Waals surface area contributed by atoms with Gasteiger partial charge in [0.2, 0.25) is 0 Å². The Bertz CT molecular complexity index is 184. The number of carbonyl (C=O) groups excluding carboxylic acids is 1. The second kappa shape index (κ2) is 4.29. The maximum atomic E-state index is 11.1. The monoisotopic (exact) mass is 168 g/mol. The fourth-order valence-corrected chi connectivity index (χ4v) is 1.41. The largest absolute Gasteiger partial charge is 0.465 e. The van der Waals surface area contributed by atoms with E-state index in [4.69, 9.17) is 4.74 Å². The lowest BCUT2D eigenvalue weighted by Crippen LogP contribution is -2.12. The predicted octanol–water partition coefficient (Wildman–Crippen LogP) is 2.15. The van der Waals surface area contributed by atoms with E-state index >= 15 is 0 Å². The van der Waals surface area contributed by atoms with Crippen molar-refractivity contribution in [2.45, 2.75) is 26.7 Å². The summed E-state index contributed by atoms with van der Waals surface area (Å²) in [5.41, 5.74) is 0. The third kappa shape index (κ3) is 2.10. The molecule has 2 atom stereocenters. The highest BCUT2D eigenvalue weighted by Crippen LogP contribution is 2.24. The third-order valence-corrected chi connectivity index (χ3v) is 2.27. The van der Waals surface area contributed by atoms with Crippen molar-refractivity contribution in [1.29, 1.82) is 0 Å². The van der Waals surface area contributed by atoms with Gasteiger partial charge < -0.3 is 4.74 Å². The van der Waals surface area contributed by atoms with Crippen LogP contribution in [0.1, 0.15) is 26.7 Å². The second-order valence-electron chi connectivity index (χ2n) is 3.33. The Balaban J connectivity index is 2.39. The Labute approximate surface area is 73.6 Å². The van der Waals surface area contributed by atoms with Gasteiger partial charge in [0.1, 0.15) is 0 Å². The first kappa shape index (κ1) is 9.30. The van der Waals surface area contributed by atoms with Crippen LogP contribution in [0.2, 0.25) is 0 Å². The van der Waals surface area contributed by atoms with Crippen molar-refractivity contribution in [3.05, 3.63) is 12.2 Å². The van der Waals surface area contributed by atoms with Crippen LogP contribution < -0.4 is 0 Å². The first-order chi connectivity index (χ1) is 5.75. The first-order valence-corrected chi connectivity index (χ1v) is 4.57. The molecule has 0 N–H and O–H groups in total. The van der Waals surface area contributed by atoms with Crippen LogP contribution >= 0.6 is 0 Å². The van der Waals surface area contributed by atoms with Crippen LogP contribution in [0.3, 0.4) is 0 Å². The highest BCUT2D eigenvalue weighted by atomic mass is 16.5. The standard InChI is InChI=1S/C10H16O2/c1-3-4-5-6-9-8(2)7-12-10(9)11/h4-5,8-9H,3,6-7H2,1-2H3. The zero-order valence-corrected chi connectivity index (χ0v) is 7.75. The van der Waals surface area contributed by atoms with Crippen LogP contribution in [-0.4, -0.2) is 12.6 Å². The molecule has 0 aromatic heterocycles. The molecular formula is C10H16O2. The summed E-state index contributed by atoms with van der Waals surface area (Å²) in [7, 11) is 0. The van der Waals surface area contributed by atoms with Crippen LogP contribution in [0.25, 0.3) is 0 Å². The van der Waals surface area contributed by atoms with Gasteiger partial charge in [-0.2, -0.15) is 0 Å². The molecule has 0 spiro atoms. The van der Waals surface area contributed by atoms with E-state index < -0.39 is 0 Å². The molecule has 1 heterocycles. The number of hydrogen-bond acceptors (Lipinski definition) is 2. The summed E-state index contributed by atoms with van der Waals surface area (Å²) in [5, 5.41) is 0. The van der Waals surface area contributed by atoms with Gasteiger partial charge in [0.05, 0.1) is 12.5 Å². The zero-order chi connectivity index (χ0) is 8.97. The van der Waals surface area contributed by atoms with Gasteiger partial charge in [-0.05, 0) is 12.8 Å². The number of ether oxygens (including phenoxy) is 1. The highest BCUT2D eigenvalue weighted by molar-refractivity contribution is 5.74. The minimum Gasteiger partial charge on any atom is -0.465 e. The molecule has 1 aliphatic rings. The van der Waals surface area contributed by atoms with Gasteiger partial charge in [-0.25, -0.2) is 0 Å². The average molecular weight is 168 g/mol. The topological polar surface area (TPSA) is 26.3 Å². The molecule has 1 aliphatic heterocycles. The van der Waals surface area contributed by atoms with Crippen molar-refractivity contribution < 1.29 is 9.53 Å². The molecule has 68 valence electrons. The van der Waals surface area contributed by atoms with Gasteiger partial charge in [-0.1, -0.05) is 26.0 Å². The SMILES string of the molecule is CCC=CCC1C(=O)OCC1C. The predicted molar refractivity (Wildman–Crippen MR) is 47.7 cm³/mol. The van der Waals surface area contributed by atoms with E-state index in [1.165, 1.54) is 0 Å². The molecule has 0 bridgehead atoms. The molecule has 0 radical (unpaired) electrons. The van der Waals surface area contributed by atoms with Crippen molar-refractivity contribution in [3.8, 4) is 0 Å². The minimum absolute atomic E-state index is 0.0248. The molecule has 2 nitrogen and oxygen atoms in total. The fraction of sp³-hybridized carbons (Fsp3) is 0.700. The van der Waals surface area contributed by atoms with Gasteiger partial charge in [0, 0.05) is 5.92 Å². The Morgan fingerprint density at radius 2 is 2.33 bits per heavy atom. The normalized spacial score (nSPS) is 29.7. The molecule has 12 heavy (non-hydrogen) atoms. The molecule has 1 rings (SSSR count). The summed E-state index contributed by atoms with van der Waals surface area (Å²) in [6.45, 7) is 4.76. The van der Waals surface area contributed by atoms with Gasteiger partial charge in [-0.15, -0.1) is 0 Å². The number of hydrogen-bond donors (Lipinski definition) is 0. The number of rotatable bonds is 3. The van der Waals surface area contributed by atoms with E-state index in [1.807, 2.05) is 0 Å². The van der Waals surface area contributed by atoms with Crippen LogP contribution in [0.5, 0.6) is 0 Å². The Hall–Kier alpha value is -0.790. The molecular weight excluding hydrogens is 152 g/mol. The maximum Gasteiger partial charge on any atom is 0.309 e. The van der Waals surface area contributed by atoms with Crippen LogP contribution in [0.15, 0.2) is 12.2 Å². The molecule has 0 saturated carbocycles. The number of esters is 1. The van der Waals surface area contributed by atoms with Crippen LogP contribution in [0, 0.1) is 11.8 Å². The van der Waals surface area contributed by atoms with Crippen LogP contribution in [-0.2, 0) is 9.53 Å². The summed E-state index contributed by atoms with van der Waals surface area (Å²) in [6, 6.07) is 0. The van der Waals surface area contributed by atoms with Crippen molar-refractivity contribution in [2.75, 3.05) is 6.61 Å². The van der Waals surface area contributed by atoms with Crippen molar-refractivity contribution >= 4 is 5.97 Å². The van der Waals surface area contributed by atoms with E-state index in [0.717, 1.165) is 12.8 Å². The summed E-state index contributed by atoms with van der Waals surface area (Å²) in [6.07, 6.45) is 6.05. The Morgan fingerprint density at radius 1 is 1.58 bits per heavy atom. The van der Waals surface area contributed by atoms with E-state index in [2.05, 4.69) is 26.0 Å². The average Bonchev–Trinajstić information content (AvgIpc) is 2.35. The summed E-state index contributed by atoms with van der Waals surface area (Å²) in [5.74, 6) is 0.468. The molecule has 1 saturated heterocycles. The maximum absolute atomic E-state index is 11.1. The quantitative estimate of drug-likeness (QED) is 0.477. The van der Waals surface area contributed by atoms with Gasteiger partial charge in [0.15, 0.2) is 0 Å². The second-order valence-corrected chi connectivity index (χ2v) is 3.33. The lowest BCUT2D eigenvalue weighted by molar-refractivity contribution is -0.141. The molecule has 0 aromatic rings. The lowest BCUT2D eigenvalue weighted by atomic mass is 9.94. The van der Waals surface area contributed by atoms with E-state index in [0.29, 0.717) is 12.5 Å². The van der Waals surface area contributed by atoms with Gasteiger partial charge >= 0.3 is 5.97 Å². The molecule has 2 heteroatoms. The van der Waals surface area contributed by atoms with E-state index in [-0.39, 0.29) is 11.9 Å². The van der Waals surface area contributed by atoms with Gasteiger partial charge in [-0.3, -0.25) is 4.79 Å². The number of cyclic esters (lactones) is 1. The molecule has 2 unspecified atom stereocenters. The first-order valence-electron chi connectivity index (χ1n) is 4.57. The lowest BCUT2D eigenvalue weighted by Gasteiger charge is -2.05. The highest BCUT2D eigenvalue weighted by Gasteiger charge is 2.32.